The molecule has 1 rings (SSSR count). The molecule has 4 nitrogen and oxygen atoms in total. The Balaban J connectivity index is 2.88. The number of rotatable bonds is 7. The molecule has 1 unspecified atom stereocenters. The maximum Gasteiger partial charge on any atom is 0.137 e. The van der Waals surface area contributed by atoms with Gasteiger partial charge in [-0.3, -0.25) is 4.98 Å². The molecule has 0 saturated carbocycles. The van der Waals surface area contributed by atoms with Gasteiger partial charge in [0.05, 0.1) is 12.8 Å². The van der Waals surface area contributed by atoms with Crippen molar-refractivity contribution in [2.45, 2.75) is 38.7 Å². The van der Waals surface area contributed by atoms with E-state index in [-0.39, 0.29) is 6.54 Å². The number of aromatic nitrogens is 1. The number of nitrogens with two attached hydrogens (primary N) is 1. The van der Waals surface area contributed by atoms with Crippen molar-refractivity contribution < 1.29 is 9.84 Å². The number of ether oxygens (including phenoxy) is 1. The van der Waals surface area contributed by atoms with Gasteiger partial charge in [-0.05, 0) is 18.9 Å². The van der Waals surface area contributed by atoms with E-state index in [4.69, 9.17) is 10.5 Å². The summed E-state index contributed by atoms with van der Waals surface area (Å²) in [4.78, 5) is 4.09. The van der Waals surface area contributed by atoms with Crippen molar-refractivity contribution in [1.82, 2.24) is 4.98 Å². The molecule has 0 spiro atoms. The summed E-state index contributed by atoms with van der Waals surface area (Å²) in [6, 6.07) is 1.82. The predicted molar refractivity (Wildman–Crippen MR) is 67.9 cm³/mol. The largest absolute Gasteiger partial charge is 0.492 e. The minimum absolute atomic E-state index is 0.194. The summed E-state index contributed by atoms with van der Waals surface area (Å²) < 4.78 is 5.50. The van der Waals surface area contributed by atoms with Gasteiger partial charge < -0.3 is 15.6 Å². The fraction of sp³-hybridized carbons (Fsp3) is 0.615. The molecule has 0 bridgehead atoms. The SMILES string of the molecule is CCCOc1cncc(C(O)(CN)CCC)c1. The Kier molecular flexibility index (Phi) is 5.38. The van der Waals surface area contributed by atoms with Crippen molar-refractivity contribution in [3.8, 4) is 5.75 Å². The van der Waals surface area contributed by atoms with Crippen molar-refractivity contribution in [2.24, 2.45) is 5.73 Å². The van der Waals surface area contributed by atoms with Crippen LogP contribution in [-0.2, 0) is 5.60 Å². The molecule has 0 fully saturated rings. The summed E-state index contributed by atoms with van der Waals surface area (Å²) >= 11 is 0. The molecule has 4 heteroatoms. The van der Waals surface area contributed by atoms with Gasteiger partial charge in [0.2, 0.25) is 0 Å². The van der Waals surface area contributed by atoms with Crippen LogP contribution in [0.15, 0.2) is 18.5 Å². The summed E-state index contributed by atoms with van der Waals surface area (Å²) in [7, 11) is 0. The zero-order valence-corrected chi connectivity index (χ0v) is 10.6. The number of hydrogen-bond donors (Lipinski definition) is 2. The van der Waals surface area contributed by atoms with Crippen LogP contribution in [0.25, 0.3) is 0 Å². The summed E-state index contributed by atoms with van der Waals surface area (Å²) in [6.07, 6.45) is 5.75. The molecule has 0 aliphatic carbocycles. The molecule has 0 saturated heterocycles. The molecule has 0 aliphatic heterocycles. The van der Waals surface area contributed by atoms with Gasteiger partial charge in [-0.15, -0.1) is 0 Å². The van der Waals surface area contributed by atoms with Gasteiger partial charge in [-0.1, -0.05) is 20.3 Å². The Labute approximate surface area is 103 Å². The lowest BCUT2D eigenvalue weighted by atomic mass is 9.90. The molecule has 1 aromatic rings. The summed E-state index contributed by atoms with van der Waals surface area (Å²) in [5.74, 6) is 0.687. The molecule has 0 radical (unpaired) electrons. The third kappa shape index (κ3) is 3.68. The zero-order valence-electron chi connectivity index (χ0n) is 10.6. The number of hydrogen-bond acceptors (Lipinski definition) is 4. The van der Waals surface area contributed by atoms with Crippen LogP contribution in [0, 0.1) is 0 Å². The Morgan fingerprint density at radius 1 is 1.35 bits per heavy atom. The maximum atomic E-state index is 10.4. The van der Waals surface area contributed by atoms with Gasteiger partial charge >= 0.3 is 0 Å². The first kappa shape index (κ1) is 13.9. The van der Waals surface area contributed by atoms with Crippen molar-refractivity contribution >= 4 is 0 Å². The van der Waals surface area contributed by atoms with E-state index >= 15 is 0 Å². The lowest BCUT2D eigenvalue weighted by Gasteiger charge is -2.26. The van der Waals surface area contributed by atoms with Gasteiger partial charge in [0.25, 0.3) is 0 Å². The average Bonchev–Trinajstić information content (AvgIpc) is 2.37. The fourth-order valence-electron chi connectivity index (χ4n) is 1.75. The molecule has 1 atom stereocenters. The Morgan fingerprint density at radius 3 is 2.71 bits per heavy atom. The summed E-state index contributed by atoms with van der Waals surface area (Å²) in [6.45, 7) is 4.91. The highest BCUT2D eigenvalue weighted by Crippen LogP contribution is 2.27. The van der Waals surface area contributed by atoms with Crippen LogP contribution in [0.3, 0.4) is 0 Å². The van der Waals surface area contributed by atoms with Gasteiger partial charge in [-0.2, -0.15) is 0 Å². The molecule has 1 aromatic heterocycles. The van der Waals surface area contributed by atoms with E-state index in [0.717, 1.165) is 18.4 Å². The van der Waals surface area contributed by atoms with Gasteiger partial charge in [-0.25, -0.2) is 0 Å². The topological polar surface area (TPSA) is 68.4 Å². The van der Waals surface area contributed by atoms with E-state index in [2.05, 4.69) is 4.98 Å². The summed E-state index contributed by atoms with van der Waals surface area (Å²) in [5.41, 5.74) is 5.40. The molecule has 17 heavy (non-hydrogen) atoms. The Bertz CT molecular complexity index is 344. The number of pyridine rings is 1. The first-order valence-electron chi connectivity index (χ1n) is 6.17. The fourth-order valence-corrected chi connectivity index (χ4v) is 1.75. The van der Waals surface area contributed by atoms with Crippen LogP contribution in [0.5, 0.6) is 5.75 Å². The van der Waals surface area contributed by atoms with Crippen LogP contribution in [0.2, 0.25) is 0 Å². The van der Waals surface area contributed by atoms with Crippen molar-refractivity contribution in [2.75, 3.05) is 13.2 Å². The van der Waals surface area contributed by atoms with Crippen LogP contribution >= 0.6 is 0 Å². The van der Waals surface area contributed by atoms with Crippen LogP contribution in [-0.4, -0.2) is 23.2 Å². The van der Waals surface area contributed by atoms with Gasteiger partial charge in [0, 0.05) is 18.3 Å². The first-order chi connectivity index (χ1) is 8.16. The first-order valence-corrected chi connectivity index (χ1v) is 6.17. The standard InChI is InChI=1S/C13H22N2O2/c1-3-5-13(16,10-14)11-7-12(9-15-8-11)17-6-4-2/h7-9,16H,3-6,10,14H2,1-2H3. The third-order valence-electron chi connectivity index (χ3n) is 2.72. The second-order valence-electron chi connectivity index (χ2n) is 4.24. The summed E-state index contributed by atoms with van der Waals surface area (Å²) in [5, 5.41) is 10.4. The second kappa shape index (κ2) is 6.57. The minimum atomic E-state index is -0.993. The lowest BCUT2D eigenvalue weighted by molar-refractivity contribution is 0.0353. The molecular weight excluding hydrogens is 216 g/mol. The number of aliphatic hydroxyl groups is 1. The van der Waals surface area contributed by atoms with Crippen LogP contribution < -0.4 is 10.5 Å². The van der Waals surface area contributed by atoms with E-state index in [1.54, 1.807) is 12.4 Å². The van der Waals surface area contributed by atoms with Crippen molar-refractivity contribution in [1.29, 1.82) is 0 Å². The van der Waals surface area contributed by atoms with Crippen LogP contribution in [0.4, 0.5) is 0 Å². The quantitative estimate of drug-likeness (QED) is 0.760. The maximum absolute atomic E-state index is 10.4. The monoisotopic (exact) mass is 238 g/mol. The zero-order chi connectivity index (χ0) is 12.7. The molecule has 3 N–H and O–H groups in total. The second-order valence-corrected chi connectivity index (χ2v) is 4.24. The van der Waals surface area contributed by atoms with Gasteiger partial charge in [0.1, 0.15) is 11.4 Å². The molecular formula is C13H22N2O2. The highest BCUT2D eigenvalue weighted by atomic mass is 16.5. The molecule has 1 heterocycles. The minimum Gasteiger partial charge on any atom is -0.492 e. The number of nitrogens with zero attached hydrogens (tertiary/aromatic N) is 1. The Hall–Kier alpha value is -1.13. The molecule has 0 amide bonds. The molecule has 0 aromatic carbocycles. The third-order valence-corrected chi connectivity index (χ3v) is 2.72. The van der Waals surface area contributed by atoms with Crippen molar-refractivity contribution in [3.63, 3.8) is 0 Å². The average molecular weight is 238 g/mol. The van der Waals surface area contributed by atoms with E-state index < -0.39 is 5.60 Å². The highest BCUT2D eigenvalue weighted by Gasteiger charge is 2.27. The Morgan fingerprint density at radius 2 is 2.12 bits per heavy atom. The normalized spacial score (nSPS) is 14.4. The smallest absolute Gasteiger partial charge is 0.137 e. The van der Waals surface area contributed by atoms with E-state index in [1.807, 2.05) is 19.9 Å². The van der Waals surface area contributed by atoms with E-state index in [0.29, 0.717) is 18.8 Å². The van der Waals surface area contributed by atoms with Crippen molar-refractivity contribution in [3.05, 3.63) is 24.0 Å². The molecule has 0 aliphatic rings. The highest BCUT2D eigenvalue weighted by molar-refractivity contribution is 5.28. The molecule has 96 valence electrons. The van der Waals surface area contributed by atoms with E-state index in [1.165, 1.54) is 0 Å². The van der Waals surface area contributed by atoms with Crippen LogP contribution in [0.1, 0.15) is 38.7 Å². The predicted octanol–water partition coefficient (Wildman–Crippen LogP) is 1.82. The van der Waals surface area contributed by atoms with Gasteiger partial charge in [0.15, 0.2) is 0 Å². The lowest BCUT2D eigenvalue weighted by Crippen LogP contribution is -2.34. The van der Waals surface area contributed by atoms with E-state index in [9.17, 15) is 5.11 Å².